The van der Waals surface area contributed by atoms with Crippen LogP contribution in [-0.2, 0) is 4.79 Å². The number of rotatable bonds is 3. The summed E-state index contributed by atoms with van der Waals surface area (Å²) in [7, 11) is 0. The van der Waals surface area contributed by atoms with Crippen molar-refractivity contribution >= 4 is 39.1 Å². The van der Waals surface area contributed by atoms with Crippen LogP contribution in [0.1, 0.15) is 11.8 Å². The molecule has 1 rings (SSSR count). The number of allylic oxidation sites excluding steroid dienone is 1. The number of ketones is 1. The van der Waals surface area contributed by atoms with Gasteiger partial charge in [-0.2, -0.15) is 8.78 Å². The molecule has 0 N–H and O–H groups in total. The summed E-state index contributed by atoms with van der Waals surface area (Å²) >= 11 is 3.42. The van der Waals surface area contributed by atoms with Gasteiger partial charge in [0.05, 0.1) is 0 Å². The molecule has 1 heterocycles. The predicted molar refractivity (Wildman–Crippen MR) is 56.9 cm³/mol. The van der Waals surface area contributed by atoms with Crippen molar-refractivity contribution in [1.82, 2.24) is 0 Å². The predicted octanol–water partition coefficient (Wildman–Crippen LogP) is 3.71. The fourth-order valence-corrected chi connectivity index (χ4v) is 1.90. The normalized spacial score (nSPS) is 13.0. The number of hydrogen-bond acceptors (Lipinski definition) is 2. The van der Waals surface area contributed by atoms with Gasteiger partial charge in [-0.3, -0.25) is 4.79 Å². The molecule has 0 amide bonds. The Morgan fingerprint density at radius 1 is 1.64 bits per heavy atom. The number of hydrogen-bond donors (Lipinski definition) is 0. The average Bonchev–Trinajstić information content (AvgIpc) is 2.53. The first-order valence-electron chi connectivity index (χ1n) is 3.74. The molecule has 0 spiro atoms. The maximum Gasteiger partial charge on any atom is 0.362 e. The lowest BCUT2D eigenvalue weighted by molar-refractivity contribution is -0.127. The molecule has 14 heavy (non-hydrogen) atoms. The Bertz CT molecular complexity index is 351. The second kappa shape index (κ2) is 4.31. The Balaban J connectivity index is 2.86. The molecule has 0 aromatic carbocycles. The lowest BCUT2D eigenvalue weighted by atomic mass is 10.2. The average molecular weight is 281 g/mol. The molecule has 0 saturated heterocycles. The molecule has 0 aliphatic rings. The zero-order valence-electron chi connectivity index (χ0n) is 7.26. The van der Waals surface area contributed by atoms with Gasteiger partial charge in [-0.15, -0.1) is 11.3 Å². The van der Waals surface area contributed by atoms with Crippen LogP contribution in [0, 0.1) is 0 Å². The minimum atomic E-state index is -3.47. The summed E-state index contributed by atoms with van der Waals surface area (Å²) in [5, 5.41) is 1.82. The van der Waals surface area contributed by atoms with Gasteiger partial charge in [0.1, 0.15) is 0 Å². The van der Waals surface area contributed by atoms with Crippen molar-refractivity contribution < 1.29 is 13.6 Å². The highest BCUT2D eigenvalue weighted by Gasteiger charge is 2.35. The van der Waals surface area contributed by atoms with E-state index in [1.165, 1.54) is 24.3 Å². The van der Waals surface area contributed by atoms with Crippen LogP contribution in [0.25, 0.3) is 6.08 Å². The van der Waals surface area contributed by atoms with E-state index in [1.807, 2.05) is 21.3 Å². The lowest BCUT2D eigenvalue weighted by Crippen LogP contribution is -2.21. The topological polar surface area (TPSA) is 17.1 Å². The number of carbonyl (C=O) groups is 1. The molecule has 0 aliphatic heterocycles. The van der Waals surface area contributed by atoms with Gasteiger partial charge in [0, 0.05) is 10.5 Å². The molecule has 5 heteroatoms. The third-order valence-electron chi connectivity index (χ3n) is 1.52. The Morgan fingerprint density at radius 3 is 2.71 bits per heavy atom. The third kappa shape index (κ3) is 2.99. The standard InChI is InChI=1S/C9H7BrF2OS/c1-6(8(13)9(10,11)12)5-7-3-2-4-14-7/h2-5H,1H3/b6-5+. The van der Waals surface area contributed by atoms with Crippen molar-refractivity contribution in [2.75, 3.05) is 0 Å². The van der Waals surface area contributed by atoms with E-state index in [-0.39, 0.29) is 5.57 Å². The molecule has 1 aromatic rings. The van der Waals surface area contributed by atoms with Crippen molar-refractivity contribution in [3.63, 3.8) is 0 Å². The van der Waals surface area contributed by atoms with Crippen LogP contribution in [0.5, 0.6) is 0 Å². The molecule has 1 aromatic heterocycles. The number of carbonyl (C=O) groups excluding carboxylic acids is 1. The second-order valence-electron chi connectivity index (χ2n) is 2.67. The molecular weight excluding hydrogens is 274 g/mol. The van der Waals surface area contributed by atoms with Crippen molar-refractivity contribution in [2.24, 2.45) is 0 Å². The zero-order chi connectivity index (χ0) is 10.8. The number of alkyl halides is 3. The monoisotopic (exact) mass is 280 g/mol. The number of halogens is 3. The van der Waals surface area contributed by atoms with Gasteiger partial charge in [-0.25, -0.2) is 0 Å². The zero-order valence-corrected chi connectivity index (χ0v) is 9.66. The van der Waals surface area contributed by atoms with E-state index in [0.29, 0.717) is 0 Å². The largest absolute Gasteiger partial charge is 0.362 e. The smallest absolute Gasteiger partial charge is 0.287 e. The molecule has 0 unspecified atom stereocenters. The number of thiophene rings is 1. The highest BCUT2D eigenvalue weighted by molar-refractivity contribution is 9.10. The molecule has 0 atom stereocenters. The third-order valence-corrected chi connectivity index (χ3v) is 2.70. The fourth-order valence-electron chi connectivity index (χ4n) is 0.876. The van der Waals surface area contributed by atoms with Crippen LogP contribution in [0.15, 0.2) is 23.1 Å². The van der Waals surface area contributed by atoms with Crippen molar-refractivity contribution in [1.29, 1.82) is 0 Å². The summed E-state index contributed by atoms with van der Waals surface area (Å²) in [5.74, 6) is -1.20. The van der Waals surface area contributed by atoms with Gasteiger partial charge in [0.2, 0.25) is 5.78 Å². The molecule has 76 valence electrons. The van der Waals surface area contributed by atoms with Gasteiger partial charge < -0.3 is 0 Å². The quantitative estimate of drug-likeness (QED) is 0.609. The Kier molecular flexibility index (Phi) is 3.55. The Morgan fingerprint density at radius 2 is 2.29 bits per heavy atom. The van der Waals surface area contributed by atoms with Gasteiger partial charge in [-0.05, 0) is 40.4 Å². The summed E-state index contributed by atoms with van der Waals surface area (Å²) in [5.41, 5.74) is 0.0364. The van der Waals surface area contributed by atoms with E-state index < -0.39 is 10.6 Å². The first kappa shape index (κ1) is 11.5. The highest BCUT2D eigenvalue weighted by atomic mass is 79.9. The summed E-state index contributed by atoms with van der Waals surface area (Å²) in [4.78, 5) is 8.35. The first-order chi connectivity index (χ1) is 6.41. The molecule has 0 fully saturated rings. The summed E-state index contributed by atoms with van der Waals surface area (Å²) in [6, 6.07) is 3.55. The maximum atomic E-state index is 12.5. The molecule has 1 nitrogen and oxygen atoms in total. The molecule has 0 bridgehead atoms. The van der Waals surface area contributed by atoms with Gasteiger partial charge in [-0.1, -0.05) is 6.07 Å². The van der Waals surface area contributed by atoms with E-state index in [4.69, 9.17) is 0 Å². The first-order valence-corrected chi connectivity index (χ1v) is 5.42. The van der Waals surface area contributed by atoms with Crippen LogP contribution >= 0.6 is 27.3 Å². The van der Waals surface area contributed by atoms with Crippen LogP contribution in [0.3, 0.4) is 0 Å². The summed E-state index contributed by atoms with van der Waals surface area (Å²) < 4.78 is 25.0. The van der Waals surface area contributed by atoms with Gasteiger partial charge >= 0.3 is 4.83 Å². The van der Waals surface area contributed by atoms with Crippen molar-refractivity contribution in [3.8, 4) is 0 Å². The molecule has 0 radical (unpaired) electrons. The Hall–Kier alpha value is -0.550. The lowest BCUT2D eigenvalue weighted by Gasteiger charge is -2.06. The minimum Gasteiger partial charge on any atom is -0.287 e. The van der Waals surface area contributed by atoms with E-state index in [2.05, 4.69) is 0 Å². The maximum absolute atomic E-state index is 12.5. The highest BCUT2D eigenvalue weighted by Crippen LogP contribution is 2.27. The molecular formula is C9H7BrF2OS. The number of Topliss-reactive ketones (excluding diaryl/α,β-unsaturated/α-hetero) is 1. The fraction of sp³-hybridized carbons (Fsp3) is 0.222. The van der Waals surface area contributed by atoms with Crippen molar-refractivity contribution in [3.05, 3.63) is 28.0 Å². The minimum absolute atomic E-state index is 0.0364. The van der Waals surface area contributed by atoms with E-state index >= 15 is 0 Å². The van der Waals surface area contributed by atoms with Crippen LogP contribution in [-0.4, -0.2) is 10.6 Å². The van der Waals surface area contributed by atoms with Crippen LogP contribution in [0.4, 0.5) is 8.78 Å². The van der Waals surface area contributed by atoms with Crippen LogP contribution < -0.4 is 0 Å². The van der Waals surface area contributed by atoms with E-state index in [9.17, 15) is 13.6 Å². The van der Waals surface area contributed by atoms with E-state index in [0.717, 1.165) is 4.88 Å². The van der Waals surface area contributed by atoms with Gasteiger partial charge in [0.15, 0.2) is 0 Å². The molecule has 0 aliphatic carbocycles. The summed E-state index contributed by atoms with van der Waals surface area (Å²) in [6.07, 6.45) is 1.45. The molecule has 0 saturated carbocycles. The Labute approximate surface area is 92.6 Å². The summed E-state index contributed by atoms with van der Waals surface area (Å²) in [6.45, 7) is 1.37. The second-order valence-corrected chi connectivity index (χ2v) is 4.64. The SMILES string of the molecule is C/C(=C\c1cccs1)C(=O)C(F)(F)Br. The van der Waals surface area contributed by atoms with Crippen molar-refractivity contribution in [2.45, 2.75) is 11.8 Å². The van der Waals surface area contributed by atoms with E-state index in [1.54, 1.807) is 12.1 Å². The van der Waals surface area contributed by atoms with Crippen LogP contribution in [0.2, 0.25) is 0 Å². The van der Waals surface area contributed by atoms with Gasteiger partial charge in [0.25, 0.3) is 0 Å².